The maximum absolute atomic E-state index is 12.4. The maximum Gasteiger partial charge on any atom is 0.240 e. The van der Waals surface area contributed by atoms with E-state index in [0.717, 1.165) is 19.3 Å². The van der Waals surface area contributed by atoms with Gasteiger partial charge in [0.15, 0.2) is 0 Å². The van der Waals surface area contributed by atoms with Crippen LogP contribution in [0.4, 0.5) is 0 Å². The smallest absolute Gasteiger partial charge is 0.240 e. The fourth-order valence-electron chi connectivity index (χ4n) is 2.49. The van der Waals surface area contributed by atoms with Crippen LogP contribution in [0, 0.1) is 0 Å². The van der Waals surface area contributed by atoms with E-state index in [1.54, 1.807) is 36.9 Å². The molecule has 2 rings (SSSR count). The van der Waals surface area contributed by atoms with Gasteiger partial charge in [0.25, 0.3) is 0 Å². The molecule has 0 radical (unpaired) electrons. The van der Waals surface area contributed by atoms with Crippen LogP contribution >= 0.6 is 11.8 Å². The van der Waals surface area contributed by atoms with Gasteiger partial charge in [-0.05, 0) is 50.1 Å². The van der Waals surface area contributed by atoms with Gasteiger partial charge in [-0.3, -0.25) is 0 Å². The first-order chi connectivity index (χ1) is 9.42. The van der Waals surface area contributed by atoms with E-state index >= 15 is 0 Å². The van der Waals surface area contributed by atoms with E-state index in [0.29, 0.717) is 10.8 Å². The normalized spacial score (nSPS) is 24.8. The van der Waals surface area contributed by atoms with Crippen molar-refractivity contribution in [3.8, 4) is 0 Å². The van der Waals surface area contributed by atoms with Crippen LogP contribution in [0.2, 0.25) is 0 Å². The average Bonchev–Trinajstić information content (AvgIpc) is 2.86. The van der Waals surface area contributed by atoms with Crippen molar-refractivity contribution in [2.24, 2.45) is 0 Å². The van der Waals surface area contributed by atoms with Gasteiger partial charge in [-0.2, -0.15) is 11.8 Å². The van der Waals surface area contributed by atoms with Crippen molar-refractivity contribution in [2.75, 3.05) is 6.26 Å². The van der Waals surface area contributed by atoms with Crippen LogP contribution in [0.5, 0.6) is 0 Å². The molecule has 20 heavy (non-hydrogen) atoms. The first-order valence-corrected chi connectivity index (χ1v) is 9.52. The third kappa shape index (κ3) is 3.75. The minimum Gasteiger partial charge on any atom is -0.389 e. The molecule has 6 heteroatoms. The Morgan fingerprint density at radius 2 is 2.15 bits per heavy atom. The summed E-state index contributed by atoms with van der Waals surface area (Å²) in [5.74, 6) is 0. The van der Waals surface area contributed by atoms with Crippen molar-refractivity contribution in [3.05, 3.63) is 29.8 Å². The molecular formula is C14H21NO3S2. The minimum absolute atomic E-state index is 0.0210. The summed E-state index contributed by atoms with van der Waals surface area (Å²) in [6.07, 6.45) is 4.23. The summed E-state index contributed by atoms with van der Waals surface area (Å²) in [6.45, 7) is 1.62. The first-order valence-electron chi connectivity index (χ1n) is 6.75. The molecule has 1 aliphatic rings. The number of rotatable bonds is 5. The summed E-state index contributed by atoms with van der Waals surface area (Å²) < 4.78 is 27.5. The van der Waals surface area contributed by atoms with Crippen LogP contribution in [-0.2, 0) is 10.0 Å². The summed E-state index contributed by atoms with van der Waals surface area (Å²) in [5, 5.41) is 10.1. The van der Waals surface area contributed by atoms with E-state index in [4.69, 9.17) is 0 Å². The molecular weight excluding hydrogens is 294 g/mol. The fraction of sp³-hybridized carbons (Fsp3) is 0.571. The lowest BCUT2D eigenvalue weighted by Crippen LogP contribution is -2.33. The number of aliphatic hydroxyl groups is 1. The highest BCUT2D eigenvalue weighted by atomic mass is 32.2. The molecule has 0 aromatic heterocycles. The Morgan fingerprint density at radius 3 is 2.75 bits per heavy atom. The number of hydrogen-bond acceptors (Lipinski definition) is 4. The Labute approximate surface area is 125 Å². The fourth-order valence-corrected chi connectivity index (χ4v) is 4.62. The monoisotopic (exact) mass is 315 g/mol. The third-order valence-electron chi connectivity index (χ3n) is 3.69. The molecule has 3 unspecified atom stereocenters. The van der Waals surface area contributed by atoms with Gasteiger partial charge in [0.05, 0.1) is 11.0 Å². The predicted molar refractivity (Wildman–Crippen MR) is 82.3 cm³/mol. The summed E-state index contributed by atoms with van der Waals surface area (Å²) in [6, 6.07) is 6.51. The molecule has 0 saturated heterocycles. The Balaban J connectivity index is 2.12. The van der Waals surface area contributed by atoms with Crippen LogP contribution in [0.3, 0.4) is 0 Å². The van der Waals surface area contributed by atoms with Gasteiger partial charge in [-0.25, -0.2) is 13.1 Å². The van der Waals surface area contributed by atoms with Crippen molar-refractivity contribution in [1.82, 2.24) is 4.72 Å². The van der Waals surface area contributed by atoms with Gasteiger partial charge in [0.2, 0.25) is 10.0 Å². The van der Waals surface area contributed by atoms with Gasteiger partial charge in [-0.1, -0.05) is 12.1 Å². The van der Waals surface area contributed by atoms with E-state index in [-0.39, 0.29) is 10.9 Å². The molecule has 1 fully saturated rings. The van der Waals surface area contributed by atoms with Crippen molar-refractivity contribution in [2.45, 2.75) is 48.5 Å². The van der Waals surface area contributed by atoms with Crippen LogP contribution in [0.15, 0.2) is 29.2 Å². The topological polar surface area (TPSA) is 66.4 Å². The molecule has 0 spiro atoms. The van der Waals surface area contributed by atoms with Crippen molar-refractivity contribution >= 4 is 21.8 Å². The van der Waals surface area contributed by atoms with Crippen LogP contribution in [0.1, 0.15) is 37.9 Å². The Hall–Kier alpha value is -0.560. The number of hydrogen-bond donors (Lipinski definition) is 2. The van der Waals surface area contributed by atoms with Crippen LogP contribution in [-0.4, -0.2) is 31.1 Å². The molecule has 0 heterocycles. The second-order valence-corrected chi connectivity index (χ2v) is 8.09. The maximum atomic E-state index is 12.4. The Bertz CT molecular complexity index is 557. The molecule has 0 aliphatic heterocycles. The van der Waals surface area contributed by atoms with Gasteiger partial charge < -0.3 is 5.11 Å². The van der Waals surface area contributed by atoms with Crippen molar-refractivity contribution in [3.63, 3.8) is 0 Å². The highest BCUT2D eigenvalue weighted by Gasteiger charge is 2.28. The average molecular weight is 315 g/mol. The molecule has 1 aliphatic carbocycles. The van der Waals surface area contributed by atoms with Gasteiger partial charge in [0, 0.05) is 11.3 Å². The molecule has 1 saturated carbocycles. The molecule has 112 valence electrons. The number of benzene rings is 1. The largest absolute Gasteiger partial charge is 0.389 e. The quantitative estimate of drug-likeness (QED) is 0.875. The summed E-state index contributed by atoms with van der Waals surface area (Å²) in [4.78, 5) is 0.225. The van der Waals surface area contributed by atoms with Crippen molar-refractivity contribution in [1.29, 1.82) is 0 Å². The summed E-state index contributed by atoms with van der Waals surface area (Å²) in [5.41, 5.74) is 0.612. The second kappa shape index (κ2) is 6.47. The zero-order valence-electron chi connectivity index (χ0n) is 11.7. The lowest BCUT2D eigenvalue weighted by atomic mass is 10.1. The molecule has 2 N–H and O–H groups in total. The zero-order chi connectivity index (χ0) is 14.8. The molecule has 1 aromatic carbocycles. The zero-order valence-corrected chi connectivity index (χ0v) is 13.4. The second-order valence-electron chi connectivity index (χ2n) is 5.24. The predicted octanol–water partition coefficient (Wildman–Crippen LogP) is 2.30. The van der Waals surface area contributed by atoms with Gasteiger partial charge in [0.1, 0.15) is 0 Å². The van der Waals surface area contributed by atoms with Crippen LogP contribution in [0.25, 0.3) is 0 Å². The van der Waals surface area contributed by atoms with Crippen molar-refractivity contribution < 1.29 is 13.5 Å². The summed E-state index contributed by atoms with van der Waals surface area (Å²) >= 11 is 1.80. The molecule has 4 nitrogen and oxygen atoms in total. The van der Waals surface area contributed by atoms with E-state index in [2.05, 4.69) is 11.0 Å². The molecule has 3 atom stereocenters. The standard InChI is InChI=1S/C14H21NO3S2/c1-10(16)11-4-3-5-14(8-11)20(17,18)15-12-6-7-13(9-12)19-2/h3-5,8,10,12-13,15-16H,6-7,9H2,1-2H3. The van der Waals surface area contributed by atoms with Crippen LogP contribution < -0.4 is 4.72 Å². The highest BCUT2D eigenvalue weighted by molar-refractivity contribution is 7.99. The van der Waals surface area contributed by atoms with E-state index in [1.165, 1.54) is 6.07 Å². The molecule has 0 amide bonds. The van der Waals surface area contributed by atoms with E-state index in [1.807, 2.05) is 0 Å². The third-order valence-corrected chi connectivity index (χ3v) is 6.30. The molecule has 0 bridgehead atoms. The molecule has 1 aromatic rings. The number of thioether (sulfide) groups is 1. The van der Waals surface area contributed by atoms with E-state index in [9.17, 15) is 13.5 Å². The number of aliphatic hydroxyl groups excluding tert-OH is 1. The summed E-state index contributed by atoms with van der Waals surface area (Å²) in [7, 11) is -3.50. The van der Waals surface area contributed by atoms with E-state index < -0.39 is 16.1 Å². The lowest BCUT2D eigenvalue weighted by molar-refractivity contribution is 0.199. The van der Waals surface area contributed by atoms with Gasteiger partial charge in [-0.15, -0.1) is 0 Å². The minimum atomic E-state index is -3.50. The first kappa shape index (κ1) is 15.8. The van der Waals surface area contributed by atoms with Gasteiger partial charge >= 0.3 is 0 Å². The highest BCUT2D eigenvalue weighted by Crippen LogP contribution is 2.29. The number of nitrogens with one attached hydrogen (secondary N) is 1. The Morgan fingerprint density at radius 1 is 1.40 bits per heavy atom. The number of sulfonamides is 1. The SMILES string of the molecule is CSC1CCC(NS(=O)(=O)c2cccc(C(C)O)c2)C1. The Kier molecular flexibility index (Phi) is 5.12. The lowest BCUT2D eigenvalue weighted by Gasteiger charge is -2.14.